The van der Waals surface area contributed by atoms with Gasteiger partial charge in [0, 0.05) is 4.88 Å². The first-order chi connectivity index (χ1) is 6.14. The van der Waals surface area contributed by atoms with Crippen LogP contribution in [0.2, 0.25) is 0 Å². The molecule has 0 aliphatic rings. The van der Waals surface area contributed by atoms with Gasteiger partial charge in [0.05, 0.1) is 13.2 Å². The normalized spacial score (nSPS) is 11.9. The van der Waals surface area contributed by atoms with E-state index in [1.165, 1.54) is 11.3 Å². The second-order valence-electron chi connectivity index (χ2n) is 2.63. The van der Waals surface area contributed by atoms with Crippen molar-refractivity contribution in [2.75, 3.05) is 13.2 Å². The van der Waals surface area contributed by atoms with Crippen LogP contribution in [-0.2, 0) is 11.3 Å². The molecule has 1 rings (SSSR count). The molecule has 0 aliphatic carbocycles. The Balaban J connectivity index is 2.21. The number of rotatable bonds is 5. The topological polar surface area (TPSA) is 35.2 Å². The maximum absolute atomic E-state index is 12.5. The average Bonchev–Trinajstić information content (AvgIpc) is 2.57. The van der Waals surface area contributed by atoms with Crippen molar-refractivity contribution in [3.63, 3.8) is 0 Å². The number of nitrogens with two attached hydrogens (primary N) is 1. The summed E-state index contributed by atoms with van der Waals surface area (Å²) in [6.45, 7) is -1.05. The third-order valence-corrected chi connectivity index (χ3v) is 2.29. The quantitative estimate of drug-likeness (QED) is 0.799. The minimum absolute atomic E-state index is 0.229. The van der Waals surface area contributed by atoms with Gasteiger partial charge in [-0.15, -0.1) is 11.3 Å². The molecule has 1 aromatic heterocycles. The summed E-state index contributed by atoms with van der Waals surface area (Å²) in [5, 5.41) is 1.87. The van der Waals surface area contributed by atoms with Crippen LogP contribution in [0.4, 0.5) is 8.78 Å². The fourth-order valence-electron chi connectivity index (χ4n) is 0.755. The highest BCUT2D eigenvalue weighted by atomic mass is 32.1. The van der Waals surface area contributed by atoms with Crippen molar-refractivity contribution >= 4 is 11.3 Å². The predicted molar refractivity (Wildman–Crippen MR) is 48.0 cm³/mol. The lowest BCUT2D eigenvalue weighted by Gasteiger charge is -2.13. The van der Waals surface area contributed by atoms with Gasteiger partial charge in [-0.1, -0.05) is 6.07 Å². The van der Waals surface area contributed by atoms with Crippen LogP contribution in [0.3, 0.4) is 0 Å². The van der Waals surface area contributed by atoms with E-state index in [1.54, 1.807) is 0 Å². The third kappa shape index (κ3) is 3.80. The molecule has 0 bridgehead atoms. The van der Waals surface area contributed by atoms with Crippen LogP contribution in [0, 0.1) is 0 Å². The molecular formula is C8H11F2NOS. The van der Waals surface area contributed by atoms with E-state index < -0.39 is 19.1 Å². The maximum atomic E-state index is 12.5. The van der Waals surface area contributed by atoms with Crippen molar-refractivity contribution in [1.82, 2.24) is 0 Å². The molecule has 1 aromatic rings. The Labute approximate surface area is 79.3 Å². The lowest BCUT2D eigenvalue weighted by atomic mass is 10.4. The Hall–Kier alpha value is -0.520. The van der Waals surface area contributed by atoms with Crippen molar-refractivity contribution in [2.24, 2.45) is 5.73 Å². The first kappa shape index (κ1) is 10.6. The Bertz CT molecular complexity index is 238. The van der Waals surface area contributed by atoms with Gasteiger partial charge in [0.1, 0.15) is 6.61 Å². The predicted octanol–water partition coefficient (Wildman–Crippen LogP) is 1.86. The summed E-state index contributed by atoms with van der Waals surface area (Å²) in [5.41, 5.74) is 4.84. The molecule has 1 heterocycles. The Kier molecular flexibility index (Phi) is 3.77. The van der Waals surface area contributed by atoms with E-state index in [2.05, 4.69) is 0 Å². The van der Waals surface area contributed by atoms with Crippen LogP contribution in [0.25, 0.3) is 0 Å². The van der Waals surface area contributed by atoms with Crippen LogP contribution in [0.5, 0.6) is 0 Å². The fourth-order valence-corrected chi connectivity index (χ4v) is 1.40. The molecular weight excluding hydrogens is 196 g/mol. The van der Waals surface area contributed by atoms with Crippen LogP contribution >= 0.6 is 11.3 Å². The molecule has 0 unspecified atom stereocenters. The smallest absolute Gasteiger partial charge is 0.282 e. The minimum Gasteiger partial charge on any atom is -0.370 e. The van der Waals surface area contributed by atoms with E-state index >= 15 is 0 Å². The molecule has 0 aliphatic heterocycles. The molecule has 0 fully saturated rings. The van der Waals surface area contributed by atoms with Crippen molar-refractivity contribution in [1.29, 1.82) is 0 Å². The van der Waals surface area contributed by atoms with E-state index in [4.69, 9.17) is 10.5 Å². The Morgan fingerprint density at radius 3 is 2.85 bits per heavy atom. The van der Waals surface area contributed by atoms with E-state index in [1.807, 2.05) is 17.5 Å². The summed E-state index contributed by atoms with van der Waals surface area (Å²) in [6, 6.07) is 3.69. The molecule has 0 saturated heterocycles. The number of halogens is 2. The summed E-state index contributed by atoms with van der Waals surface area (Å²) < 4.78 is 29.9. The second-order valence-corrected chi connectivity index (χ2v) is 3.66. The van der Waals surface area contributed by atoms with E-state index in [9.17, 15) is 8.78 Å². The Morgan fingerprint density at radius 2 is 2.31 bits per heavy atom. The molecule has 0 amide bonds. The second kappa shape index (κ2) is 4.64. The summed E-state index contributed by atoms with van der Waals surface area (Å²) in [5.74, 6) is -2.91. The fraction of sp³-hybridized carbons (Fsp3) is 0.500. The molecule has 74 valence electrons. The number of hydrogen-bond acceptors (Lipinski definition) is 3. The zero-order valence-corrected chi connectivity index (χ0v) is 7.82. The SMILES string of the molecule is NCC(F)(F)COCc1cccs1. The molecule has 0 atom stereocenters. The molecule has 2 N–H and O–H groups in total. The lowest BCUT2D eigenvalue weighted by molar-refractivity contribution is -0.0736. The molecule has 0 saturated carbocycles. The highest BCUT2D eigenvalue weighted by molar-refractivity contribution is 7.09. The maximum Gasteiger partial charge on any atom is 0.282 e. The highest BCUT2D eigenvalue weighted by Gasteiger charge is 2.26. The zero-order chi connectivity index (χ0) is 9.73. The van der Waals surface area contributed by atoms with Gasteiger partial charge in [-0.2, -0.15) is 0 Å². The van der Waals surface area contributed by atoms with Gasteiger partial charge in [-0.05, 0) is 11.4 Å². The molecule has 0 spiro atoms. The zero-order valence-electron chi connectivity index (χ0n) is 7.00. The van der Waals surface area contributed by atoms with Crippen molar-refractivity contribution in [2.45, 2.75) is 12.5 Å². The average molecular weight is 207 g/mol. The monoisotopic (exact) mass is 207 g/mol. The Morgan fingerprint density at radius 1 is 1.54 bits per heavy atom. The van der Waals surface area contributed by atoms with Gasteiger partial charge in [-0.3, -0.25) is 0 Å². The molecule has 0 aromatic carbocycles. The van der Waals surface area contributed by atoms with Gasteiger partial charge >= 0.3 is 0 Å². The van der Waals surface area contributed by atoms with Crippen molar-refractivity contribution in [3.05, 3.63) is 22.4 Å². The lowest BCUT2D eigenvalue weighted by Crippen LogP contribution is -2.32. The van der Waals surface area contributed by atoms with Crippen LogP contribution < -0.4 is 5.73 Å². The third-order valence-electron chi connectivity index (χ3n) is 1.44. The standard InChI is InChI=1S/C8H11F2NOS/c9-8(10,5-11)6-12-4-7-2-1-3-13-7/h1-3H,4-6,11H2. The minimum atomic E-state index is -2.91. The molecule has 2 nitrogen and oxygen atoms in total. The van der Waals surface area contributed by atoms with E-state index in [0.717, 1.165) is 4.88 Å². The van der Waals surface area contributed by atoms with Crippen molar-refractivity contribution < 1.29 is 13.5 Å². The summed E-state index contributed by atoms with van der Waals surface area (Å²) in [6.07, 6.45) is 0. The van der Waals surface area contributed by atoms with Gasteiger partial charge in [0.15, 0.2) is 0 Å². The van der Waals surface area contributed by atoms with Crippen LogP contribution in [-0.4, -0.2) is 19.1 Å². The van der Waals surface area contributed by atoms with Crippen LogP contribution in [0.1, 0.15) is 4.88 Å². The van der Waals surface area contributed by atoms with Crippen LogP contribution in [0.15, 0.2) is 17.5 Å². The van der Waals surface area contributed by atoms with Gasteiger partial charge in [0.2, 0.25) is 0 Å². The number of hydrogen-bond donors (Lipinski definition) is 1. The van der Waals surface area contributed by atoms with Gasteiger partial charge in [0.25, 0.3) is 5.92 Å². The number of thiophene rings is 1. The van der Waals surface area contributed by atoms with E-state index in [-0.39, 0.29) is 6.61 Å². The first-order valence-corrected chi connectivity index (χ1v) is 4.70. The van der Waals surface area contributed by atoms with Gasteiger partial charge in [-0.25, -0.2) is 8.78 Å². The highest BCUT2D eigenvalue weighted by Crippen LogP contribution is 2.14. The summed E-state index contributed by atoms with van der Waals surface area (Å²) in [7, 11) is 0. The molecule has 0 radical (unpaired) electrons. The number of ether oxygens (including phenoxy) is 1. The number of alkyl halides is 2. The first-order valence-electron chi connectivity index (χ1n) is 3.82. The summed E-state index contributed by atoms with van der Waals surface area (Å²) in [4.78, 5) is 0.938. The summed E-state index contributed by atoms with van der Waals surface area (Å²) >= 11 is 1.48. The largest absolute Gasteiger partial charge is 0.370 e. The molecule has 5 heteroatoms. The van der Waals surface area contributed by atoms with Gasteiger partial charge < -0.3 is 10.5 Å². The molecule has 13 heavy (non-hydrogen) atoms. The van der Waals surface area contributed by atoms with Crippen molar-refractivity contribution in [3.8, 4) is 0 Å². The van der Waals surface area contributed by atoms with E-state index in [0.29, 0.717) is 0 Å².